The molecule has 5 heteroatoms. The van der Waals surface area contributed by atoms with E-state index in [1.165, 1.54) is 5.56 Å². The van der Waals surface area contributed by atoms with Crippen LogP contribution in [0.25, 0.3) is 0 Å². The Balaban J connectivity index is 1.25. The smallest absolute Gasteiger partial charge is 0.219 e. The molecule has 0 radical (unpaired) electrons. The van der Waals surface area contributed by atoms with Crippen LogP contribution >= 0.6 is 0 Å². The van der Waals surface area contributed by atoms with Crippen molar-refractivity contribution in [3.63, 3.8) is 0 Å². The first-order chi connectivity index (χ1) is 17.8. The molecule has 6 rings (SSSR count). The number of benzene rings is 4. The summed E-state index contributed by atoms with van der Waals surface area (Å²) in [5.74, 6) is 1.33. The quantitative estimate of drug-likeness (QED) is 0.341. The molecule has 0 saturated heterocycles. The van der Waals surface area contributed by atoms with E-state index in [-0.39, 0.29) is 12.1 Å². The number of para-hydroxylation sites is 2. The topological polar surface area (TPSA) is 55.2 Å². The summed E-state index contributed by atoms with van der Waals surface area (Å²) in [5.41, 5.74) is 6.16. The third kappa shape index (κ3) is 4.73. The van der Waals surface area contributed by atoms with E-state index in [4.69, 9.17) is 19.5 Å². The van der Waals surface area contributed by atoms with E-state index in [9.17, 15) is 0 Å². The van der Waals surface area contributed by atoms with Gasteiger partial charge in [0.25, 0.3) is 0 Å². The number of anilines is 2. The van der Waals surface area contributed by atoms with E-state index in [2.05, 4.69) is 41.7 Å². The first kappa shape index (κ1) is 22.1. The number of aliphatic imine (C=N–C) groups is 2. The summed E-state index contributed by atoms with van der Waals surface area (Å²) in [7, 11) is 0. The van der Waals surface area contributed by atoms with Gasteiger partial charge in [0.1, 0.15) is 19.3 Å². The van der Waals surface area contributed by atoms with Gasteiger partial charge in [0, 0.05) is 0 Å². The van der Waals surface area contributed by atoms with Gasteiger partial charge in [-0.05, 0) is 41.8 Å². The fourth-order valence-electron chi connectivity index (χ4n) is 4.62. The molecule has 36 heavy (non-hydrogen) atoms. The minimum atomic E-state index is 0.00401. The van der Waals surface area contributed by atoms with Crippen LogP contribution in [0.5, 0.6) is 0 Å². The van der Waals surface area contributed by atoms with E-state index >= 15 is 0 Å². The van der Waals surface area contributed by atoms with Crippen molar-refractivity contribution >= 4 is 23.2 Å². The Morgan fingerprint density at radius 1 is 0.611 bits per heavy atom. The zero-order valence-electron chi connectivity index (χ0n) is 19.9. The largest absolute Gasteiger partial charge is 0.475 e. The molecule has 0 spiro atoms. The lowest BCUT2D eigenvalue weighted by atomic mass is 10.1. The first-order valence-corrected chi connectivity index (χ1v) is 12.3. The molecule has 0 aliphatic carbocycles. The second-order valence-electron chi connectivity index (χ2n) is 8.98. The van der Waals surface area contributed by atoms with Crippen LogP contribution in [0.15, 0.2) is 119 Å². The van der Waals surface area contributed by atoms with Crippen molar-refractivity contribution in [2.75, 3.05) is 18.5 Å². The van der Waals surface area contributed by atoms with Crippen molar-refractivity contribution in [2.24, 2.45) is 9.98 Å². The van der Waals surface area contributed by atoms with E-state index in [0.717, 1.165) is 34.5 Å². The van der Waals surface area contributed by atoms with Crippen LogP contribution in [0.2, 0.25) is 0 Å². The van der Waals surface area contributed by atoms with Crippen molar-refractivity contribution in [1.29, 1.82) is 0 Å². The van der Waals surface area contributed by atoms with Crippen molar-refractivity contribution < 1.29 is 9.47 Å². The molecule has 2 aliphatic heterocycles. The summed E-state index contributed by atoms with van der Waals surface area (Å²) in [6.07, 6.45) is 0.864. The summed E-state index contributed by atoms with van der Waals surface area (Å²) >= 11 is 0. The van der Waals surface area contributed by atoms with Crippen molar-refractivity contribution in [1.82, 2.24) is 0 Å². The number of rotatable bonds is 7. The molecule has 178 valence electrons. The van der Waals surface area contributed by atoms with Gasteiger partial charge in [0.05, 0.1) is 28.5 Å². The Morgan fingerprint density at radius 3 is 1.86 bits per heavy atom. The van der Waals surface area contributed by atoms with Crippen molar-refractivity contribution in [2.45, 2.75) is 18.5 Å². The molecule has 0 saturated carbocycles. The average Bonchev–Trinajstić information content (AvgIpc) is 3.61. The van der Waals surface area contributed by atoms with Crippen molar-refractivity contribution in [3.8, 4) is 0 Å². The first-order valence-electron chi connectivity index (χ1n) is 12.3. The maximum Gasteiger partial charge on any atom is 0.219 e. The number of hydrogen-bond donors (Lipinski definition) is 1. The van der Waals surface area contributed by atoms with E-state index in [1.54, 1.807) is 0 Å². The summed E-state index contributed by atoms with van der Waals surface area (Å²) in [6.45, 7) is 1.12. The van der Waals surface area contributed by atoms with Crippen LogP contribution in [0.4, 0.5) is 11.4 Å². The molecule has 2 aliphatic rings. The molecule has 0 unspecified atom stereocenters. The Bertz CT molecular complexity index is 1400. The molecular weight excluding hydrogens is 446 g/mol. The molecule has 0 bridgehead atoms. The van der Waals surface area contributed by atoms with Gasteiger partial charge in [-0.25, -0.2) is 9.98 Å². The highest BCUT2D eigenvalue weighted by atomic mass is 16.5. The van der Waals surface area contributed by atoms with Crippen LogP contribution < -0.4 is 5.32 Å². The van der Waals surface area contributed by atoms with Crippen LogP contribution in [0.1, 0.15) is 28.3 Å². The molecule has 0 aromatic heterocycles. The Kier molecular flexibility index (Phi) is 6.19. The van der Waals surface area contributed by atoms with Crippen LogP contribution in [-0.2, 0) is 15.9 Å². The molecule has 4 aromatic rings. The predicted molar refractivity (Wildman–Crippen MR) is 144 cm³/mol. The molecule has 0 amide bonds. The second-order valence-corrected chi connectivity index (χ2v) is 8.98. The van der Waals surface area contributed by atoms with Gasteiger partial charge in [-0.2, -0.15) is 0 Å². The average molecular weight is 474 g/mol. The van der Waals surface area contributed by atoms with E-state index in [0.29, 0.717) is 25.0 Å². The van der Waals surface area contributed by atoms with E-state index < -0.39 is 0 Å². The van der Waals surface area contributed by atoms with Gasteiger partial charge >= 0.3 is 0 Å². The zero-order valence-corrected chi connectivity index (χ0v) is 19.9. The Morgan fingerprint density at radius 2 is 1.17 bits per heavy atom. The Hall–Kier alpha value is -4.38. The second kappa shape index (κ2) is 10.1. The van der Waals surface area contributed by atoms with Crippen molar-refractivity contribution in [3.05, 3.63) is 131 Å². The standard InChI is InChI=1S/C31H27N3O2/c1-3-11-22(12-4-1)19-24-20-35-30(32-24)25-15-7-9-17-27(25)33-28-18-10-8-16-26(28)31-34-29(21-36-31)23-13-5-2-6-14-23/h1-18,24,29,33H,19-21H2/t24-,29+/m0/s1. The third-order valence-electron chi connectivity index (χ3n) is 6.45. The Labute approximate surface area is 211 Å². The highest BCUT2D eigenvalue weighted by molar-refractivity contribution is 6.04. The number of nitrogens with zero attached hydrogens (tertiary/aromatic N) is 2. The molecule has 5 nitrogen and oxygen atoms in total. The molecule has 0 fully saturated rings. The van der Waals surface area contributed by atoms with E-state index in [1.807, 2.05) is 72.8 Å². The highest BCUT2D eigenvalue weighted by Crippen LogP contribution is 2.31. The molecule has 2 heterocycles. The summed E-state index contributed by atoms with van der Waals surface area (Å²) in [4.78, 5) is 9.79. The summed E-state index contributed by atoms with van der Waals surface area (Å²) in [5, 5.41) is 3.59. The van der Waals surface area contributed by atoms with Gasteiger partial charge in [-0.3, -0.25) is 0 Å². The maximum absolute atomic E-state index is 6.06. The summed E-state index contributed by atoms with van der Waals surface area (Å²) in [6, 6.07) is 37.0. The minimum Gasteiger partial charge on any atom is -0.475 e. The molecular formula is C31H27N3O2. The summed E-state index contributed by atoms with van der Waals surface area (Å²) < 4.78 is 12.1. The lowest BCUT2D eigenvalue weighted by molar-refractivity contribution is 0.317. The SMILES string of the molecule is c1ccc(C[C@H]2COC(c3ccccc3Nc3ccccc3C3=N[C@@H](c4ccccc4)CO3)=N2)cc1. The number of hydrogen-bond acceptors (Lipinski definition) is 5. The van der Waals surface area contributed by atoms with Gasteiger partial charge in [-0.15, -0.1) is 0 Å². The van der Waals surface area contributed by atoms with Gasteiger partial charge < -0.3 is 14.8 Å². The van der Waals surface area contributed by atoms with Crippen LogP contribution in [0, 0.1) is 0 Å². The molecule has 1 N–H and O–H groups in total. The van der Waals surface area contributed by atoms with Crippen LogP contribution in [0.3, 0.4) is 0 Å². The van der Waals surface area contributed by atoms with Gasteiger partial charge in [0.2, 0.25) is 11.8 Å². The maximum atomic E-state index is 6.06. The molecule has 4 aromatic carbocycles. The number of ether oxygens (including phenoxy) is 2. The lowest BCUT2D eigenvalue weighted by Crippen LogP contribution is -2.10. The fraction of sp³-hybridized carbons (Fsp3) is 0.161. The monoisotopic (exact) mass is 473 g/mol. The van der Waals surface area contributed by atoms with Gasteiger partial charge in [0.15, 0.2) is 0 Å². The predicted octanol–water partition coefficient (Wildman–Crippen LogP) is 6.34. The third-order valence-corrected chi connectivity index (χ3v) is 6.45. The zero-order chi connectivity index (χ0) is 24.2. The lowest BCUT2D eigenvalue weighted by Gasteiger charge is -2.15. The number of nitrogens with one attached hydrogen (secondary N) is 1. The van der Waals surface area contributed by atoms with Gasteiger partial charge in [-0.1, -0.05) is 84.9 Å². The highest BCUT2D eigenvalue weighted by Gasteiger charge is 2.25. The minimum absolute atomic E-state index is 0.00401. The fourth-order valence-corrected chi connectivity index (χ4v) is 4.62. The molecule has 2 atom stereocenters. The normalized spacial score (nSPS) is 18.7. The van der Waals surface area contributed by atoms with Crippen LogP contribution in [-0.4, -0.2) is 31.1 Å².